The second kappa shape index (κ2) is 8.51. The molecule has 2 unspecified atom stereocenters. The van der Waals surface area contributed by atoms with Crippen molar-refractivity contribution < 1.29 is 4.79 Å². The van der Waals surface area contributed by atoms with Crippen LogP contribution in [-0.2, 0) is 4.79 Å². The minimum atomic E-state index is -0.405. The summed E-state index contributed by atoms with van der Waals surface area (Å²) in [6.07, 6.45) is 6.85. The topological polar surface area (TPSA) is 55.1 Å². The van der Waals surface area contributed by atoms with Crippen molar-refractivity contribution in [1.29, 1.82) is 0 Å². The van der Waals surface area contributed by atoms with Crippen LogP contribution in [0.1, 0.15) is 66.2 Å². The van der Waals surface area contributed by atoms with Crippen LogP contribution >= 0.6 is 0 Å². The largest absolute Gasteiger partial charge is 0.353 e. The van der Waals surface area contributed by atoms with Crippen molar-refractivity contribution in [3.8, 4) is 0 Å². The normalized spacial score (nSPS) is 16.3. The van der Waals surface area contributed by atoms with Gasteiger partial charge in [0.2, 0.25) is 5.91 Å². The molecule has 0 fully saturated rings. The molecule has 0 spiro atoms. The Bertz CT molecular complexity index is 212. The predicted octanol–water partition coefficient (Wildman–Crippen LogP) is 2.84. The Kier molecular flexibility index (Phi) is 8.23. The van der Waals surface area contributed by atoms with E-state index in [-0.39, 0.29) is 11.9 Å². The van der Waals surface area contributed by atoms with Gasteiger partial charge >= 0.3 is 0 Å². The molecule has 17 heavy (non-hydrogen) atoms. The fourth-order valence-electron chi connectivity index (χ4n) is 1.75. The highest BCUT2D eigenvalue weighted by molar-refractivity contribution is 5.82. The third kappa shape index (κ3) is 6.06. The number of nitrogens with one attached hydrogen (secondary N) is 1. The third-order valence-corrected chi connectivity index (χ3v) is 3.65. The number of rotatable bonds is 9. The number of nitrogens with two attached hydrogens (primary N) is 1. The molecule has 0 aliphatic rings. The van der Waals surface area contributed by atoms with Crippen LogP contribution in [0.25, 0.3) is 0 Å². The number of carbonyl (C=O) groups excluding carboxylic acids is 1. The number of unbranched alkanes of at least 4 members (excludes halogenated alkanes) is 3. The molecule has 3 heteroatoms. The number of hydrogen-bond donors (Lipinski definition) is 2. The first-order chi connectivity index (χ1) is 8.00. The van der Waals surface area contributed by atoms with Gasteiger partial charge < -0.3 is 11.1 Å². The Labute approximate surface area is 107 Å². The van der Waals surface area contributed by atoms with Crippen molar-refractivity contribution >= 4 is 5.91 Å². The second-order valence-corrected chi connectivity index (χ2v) is 5.34. The zero-order chi connectivity index (χ0) is 13.3. The van der Waals surface area contributed by atoms with Crippen LogP contribution in [0.2, 0.25) is 0 Å². The van der Waals surface area contributed by atoms with Crippen molar-refractivity contribution in [2.24, 2.45) is 11.1 Å². The lowest BCUT2D eigenvalue weighted by Crippen LogP contribution is -2.46. The quantitative estimate of drug-likeness (QED) is 0.611. The molecular formula is C14H30N2O. The Morgan fingerprint density at radius 2 is 1.94 bits per heavy atom. The Morgan fingerprint density at radius 1 is 1.29 bits per heavy atom. The summed E-state index contributed by atoms with van der Waals surface area (Å²) in [4.78, 5) is 12.0. The van der Waals surface area contributed by atoms with Crippen LogP contribution in [0.4, 0.5) is 0 Å². The molecule has 0 aromatic rings. The maximum atomic E-state index is 12.0. The smallest absolute Gasteiger partial charge is 0.227 e. The zero-order valence-corrected chi connectivity index (χ0v) is 12.0. The second-order valence-electron chi connectivity index (χ2n) is 5.34. The van der Waals surface area contributed by atoms with Crippen LogP contribution in [0.5, 0.6) is 0 Å². The summed E-state index contributed by atoms with van der Waals surface area (Å²) in [7, 11) is 0. The van der Waals surface area contributed by atoms with Crippen LogP contribution < -0.4 is 11.1 Å². The van der Waals surface area contributed by atoms with Gasteiger partial charge in [0, 0.05) is 12.6 Å². The molecule has 2 atom stereocenters. The Balaban J connectivity index is 3.94. The van der Waals surface area contributed by atoms with Gasteiger partial charge in [-0.05, 0) is 26.7 Å². The summed E-state index contributed by atoms with van der Waals surface area (Å²) in [5.74, 6) is 0.102. The van der Waals surface area contributed by atoms with Gasteiger partial charge in [0.15, 0.2) is 0 Å². The first-order valence-corrected chi connectivity index (χ1v) is 7.01. The molecule has 1 amide bonds. The van der Waals surface area contributed by atoms with Crippen LogP contribution in [0, 0.1) is 5.41 Å². The van der Waals surface area contributed by atoms with Gasteiger partial charge in [0.25, 0.3) is 0 Å². The van der Waals surface area contributed by atoms with Crippen molar-refractivity contribution in [2.75, 3.05) is 6.54 Å². The van der Waals surface area contributed by atoms with E-state index in [0.717, 1.165) is 12.8 Å². The van der Waals surface area contributed by atoms with E-state index in [1.54, 1.807) is 0 Å². The summed E-state index contributed by atoms with van der Waals surface area (Å²) >= 11 is 0. The van der Waals surface area contributed by atoms with Crippen molar-refractivity contribution in [1.82, 2.24) is 5.32 Å². The van der Waals surface area contributed by atoms with Crippen molar-refractivity contribution in [3.63, 3.8) is 0 Å². The molecule has 0 radical (unpaired) electrons. The average molecular weight is 242 g/mol. The molecule has 102 valence electrons. The highest BCUT2D eigenvalue weighted by Crippen LogP contribution is 2.19. The molecule has 3 N–H and O–H groups in total. The van der Waals surface area contributed by atoms with Crippen LogP contribution in [0.15, 0.2) is 0 Å². The third-order valence-electron chi connectivity index (χ3n) is 3.65. The van der Waals surface area contributed by atoms with Crippen molar-refractivity contribution in [3.05, 3.63) is 0 Å². The highest BCUT2D eigenvalue weighted by atomic mass is 16.2. The molecule has 0 aromatic heterocycles. The predicted molar refractivity (Wildman–Crippen MR) is 73.8 cm³/mol. The standard InChI is InChI=1S/C14H30N2O/c1-5-7-8-9-10-12(3)16-13(17)14(4,6-2)11-15/h12H,5-11,15H2,1-4H3,(H,16,17). The van der Waals surface area contributed by atoms with Gasteiger partial charge in [-0.25, -0.2) is 0 Å². The van der Waals surface area contributed by atoms with E-state index in [4.69, 9.17) is 5.73 Å². The summed E-state index contributed by atoms with van der Waals surface area (Å²) in [6, 6.07) is 0.261. The average Bonchev–Trinajstić information content (AvgIpc) is 2.33. The van der Waals surface area contributed by atoms with Crippen LogP contribution in [0.3, 0.4) is 0 Å². The molecule has 0 saturated carbocycles. The molecule has 0 aliphatic heterocycles. The van der Waals surface area contributed by atoms with E-state index in [1.165, 1.54) is 25.7 Å². The number of amides is 1. The molecule has 0 aliphatic carbocycles. The lowest BCUT2D eigenvalue weighted by atomic mass is 9.86. The molecule has 0 heterocycles. The molecule has 3 nitrogen and oxygen atoms in total. The molecule has 0 saturated heterocycles. The van der Waals surface area contributed by atoms with E-state index in [2.05, 4.69) is 19.2 Å². The van der Waals surface area contributed by atoms with E-state index >= 15 is 0 Å². The highest BCUT2D eigenvalue weighted by Gasteiger charge is 2.30. The van der Waals surface area contributed by atoms with E-state index in [9.17, 15) is 4.79 Å². The monoisotopic (exact) mass is 242 g/mol. The minimum Gasteiger partial charge on any atom is -0.353 e. The Morgan fingerprint density at radius 3 is 2.41 bits per heavy atom. The summed E-state index contributed by atoms with van der Waals surface area (Å²) < 4.78 is 0. The van der Waals surface area contributed by atoms with Gasteiger partial charge in [0.05, 0.1) is 5.41 Å². The van der Waals surface area contributed by atoms with Gasteiger partial charge in [-0.2, -0.15) is 0 Å². The summed E-state index contributed by atoms with van der Waals surface area (Å²) in [6.45, 7) is 8.65. The fourth-order valence-corrected chi connectivity index (χ4v) is 1.75. The van der Waals surface area contributed by atoms with Crippen molar-refractivity contribution in [2.45, 2.75) is 72.3 Å². The maximum absolute atomic E-state index is 12.0. The fraction of sp³-hybridized carbons (Fsp3) is 0.929. The molecule has 0 aromatic carbocycles. The van der Waals surface area contributed by atoms with Crippen LogP contribution in [-0.4, -0.2) is 18.5 Å². The number of hydrogen-bond acceptors (Lipinski definition) is 2. The van der Waals surface area contributed by atoms with Gasteiger partial charge in [-0.15, -0.1) is 0 Å². The first-order valence-electron chi connectivity index (χ1n) is 7.01. The summed E-state index contributed by atoms with van der Waals surface area (Å²) in [5.41, 5.74) is 5.27. The summed E-state index contributed by atoms with van der Waals surface area (Å²) in [5, 5.41) is 3.08. The molecular weight excluding hydrogens is 212 g/mol. The SMILES string of the molecule is CCCCCCC(C)NC(=O)C(C)(CC)CN. The van der Waals surface area contributed by atoms with E-state index in [0.29, 0.717) is 6.54 Å². The minimum absolute atomic E-state index is 0.102. The van der Waals surface area contributed by atoms with Gasteiger partial charge in [-0.3, -0.25) is 4.79 Å². The Hall–Kier alpha value is -0.570. The lowest BCUT2D eigenvalue weighted by Gasteiger charge is -2.27. The first kappa shape index (κ1) is 16.4. The lowest BCUT2D eigenvalue weighted by molar-refractivity contribution is -0.130. The van der Waals surface area contributed by atoms with E-state index < -0.39 is 5.41 Å². The van der Waals surface area contributed by atoms with Gasteiger partial charge in [-0.1, -0.05) is 39.5 Å². The van der Waals surface area contributed by atoms with Gasteiger partial charge in [0.1, 0.15) is 0 Å². The molecule has 0 rings (SSSR count). The molecule has 0 bridgehead atoms. The van der Waals surface area contributed by atoms with E-state index in [1.807, 2.05) is 13.8 Å². The number of carbonyl (C=O) groups is 1. The maximum Gasteiger partial charge on any atom is 0.227 e. The zero-order valence-electron chi connectivity index (χ0n) is 12.0.